The van der Waals surface area contributed by atoms with Crippen LogP contribution in [0.1, 0.15) is 29.8 Å². The molecule has 118 valence electrons. The van der Waals surface area contributed by atoms with E-state index in [4.69, 9.17) is 4.74 Å². The van der Waals surface area contributed by atoms with Gasteiger partial charge in [-0.15, -0.1) is 0 Å². The smallest absolute Gasteiger partial charge is 0.248 e. The van der Waals surface area contributed by atoms with Crippen LogP contribution in [-0.4, -0.2) is 18.3 Å². The molecular formula is C19H19NO3. The molecule has 1 amide bonds. The summed E-state index contributed by atoms with van der Waals surface area (Å²) in [6, 6.07) is 14.3. The lowest BCUT2D eigenvalue weighted by atomic mass is 10.1. The number of nitrogens with one attached hydrogen (secondary N) is 1. The predicted molar refractivity (Wildman–Crippen MR) is 91.7 cm³/mol. The standard InChI is InChI=1S/C19H19NO3/c1-3-23-18-10-7-15(8-11-18)9-12-19(22)20-17-6-4-5-16(13-17)14(2)21/h4-13H,3H2,1-2H3,(H,20,22). The van der Waals surface area contributed by atoms with Gasteiger partial charge in [0, 0.05) is 17.3 Å². The highest BCUT2D eigenvalue weighted by atomic mass is 16.5. The molecule has 0 atom stereocenters. The van der Waals surface area contributed by atoms with E-state index in [0.29, 0.717) is 17.9 Å². The van der Waals surface area contributed by atoms with Gasteiger partial charge in [-0.25, -0.2) is 0 Å². The number of Topliss-reactive ketones (excluding diaryl/α,β-unsaturated/α-hetero) is 1. The zero-order chi connectivity index (χ0) is 16.7. The number of hydrogen-bond acceptors (Lipinski definition) is 3. The molecule has 0 aromatic heterocycles. The quantitative estimate of drug-likeness (QED) is 0.649. The first-order valence-electron chi connectivity index (χ1n) is 7.41. The lowest BCUT2D eigenvalue weighted by Gasteiger charge is -2.04. The minimum absolute atomic E-state index is 0.0361. The number of amides is 1. The third-order valence-electron chi connectivity index (χ3n) is 3.15. The van der Waals surface area contributed by atoms with Crippen molar-refractivity contribution in [3.8, 4) is 5.75 Å². The van der Waals surface area contributed by atoms with Gasteiger partial charge >= 0.3 is 0 Å². The molecule has 0 aliphatic rings. The molecule has 0 fully saturated rings. The van der Waals surface area contributed by atoms with Crippen molar-refractivity contribution in [3.63, 3.8) is 0 Å². The first kappa shape index (κ1) is 16.5. The van der Waals surface area contributed by atoms with Gasteiger partial charge in [-0.2, -0.15) is 0 Å². The Morgan fingerprint density at radius 3 is 2.52 bits per heavy atom. The second-order valence-corrected chi connectivity index (χ2v) is 4.96. The van der Waals surface area contributed by atoms with Gasteiger partial charge in [0.15, 0.2) is 5.78 Å². The molecule has 2 aromatic rings. The molecule has 0 saturated carbocycles. The van der Waals surface area contributed by atoms with Crippen LogP contribution in [-0.2, 0) is 4.79 Å². The highest BCUT2D eigenvalue weighted by Gasteiger charge is 2.02. The normalized spacial score (nSPS) is 10.5. The average Bonchev–Trinajstić information content (AvgIpc) is 2.55. The highest BCUT2D eigenvalue weighted by molar-refractivity contribution is 6.03. The van der Waals surface area contributed by atoms with Gasteiger partial charge < -0.3 is 10.1 Å². The Bertz CT molecular complexity index is 718. The van der Waals surface area contributed by atoms with Gasteiger partial charge in [0.2, 0.25) is 5.91 Å². The maximum Gasteiger partial charge on any atom is 0.248 e. The molecule has 0 heterocycles. The van der Waals surface area contributed by atoms with Gasteiger partial charge in [0.05, 0.1) is 6.61 Å². The Morgan fingerprint density at radius 2 is 1.87 bits per heavy atom. The van der Waals surface area contributed by atoms with E-state index < -0.39 is 0 Å². The average molecular weight is 309 g/mol. The van der Waals surface area contributed by atoms with Crippen molar-refractivity contribution in [3.05, 3.63) is 65.7 Å². The molecule has 1 N–H and O–H groups in total. The van der Waals surface area contributed by atoms with Crippen LogP contribution < -0.4 is 10.1 Å². The molecule has 0 spiro atoms. The SMILES string of the molecule is CCOc1ccc(C=CC(=O)Nc2cccc(C(C)=O)c2)cc1. The fraction of sp³-hybridized carbons (Fsp3) is 0.158. The Hall–Kier alpha value is -2.88. The van der Waals surface area contributed by atoms with Crippen molar-refractivity contribution in [1.29, 1.82) is 0 Å². The maximum absolute atomic E-state index is 11.9. The molecule has 0 aliphatic heterocycles. The van der Waals surface area contributed by atoms with E-state index in [2.05, 4.69) is 5.32 Å². The molecule has 2 aromatic carbocycles. The second-order valence-electron chi connectivity index (χ2n) is 4.96. The minimum Gasteiger partial charge on any atom is -0.494 e. The summed E-state index contributed by atoms with van der Waals surface area (Å²) in [6.07, 6.45) is 3.18. The van der Waals surface area contributed by atoms with Crippen LogP contribution in [0.25, 0.3) is 6.08 Å². The first-order chi connectivity index (χ1) is 11.1. The van der Waals surface area contributed by atoms with Crippen molar-refractivity contribution in [2.75, 3.05) is 11.9 Å². The Kier molecular flexibility index (Phi) is 5.69. The summed E-state index contributed by atoms with van der Waals surface area (Å²) >= 11 is 0. The molecule has 4 nitrogen and oxygen atoms in total. The Balaban J connectivity index is 1.98. The summed E-state index contributed by atoms with van der Waals surface area (Å²) in [6.45, 7) is 4.04. The summed E-state index contributed by atoms with van der Waals surface area (Å²) in [5, 5.41) is 2.74. The number of hydrogen-bond donors (Lipinski definition) is 1. The van der Waals surface area contributed by atoms with Crippen molar-refractivity contribution in [1.82, 2.24) is 0 Å². The molecule has 0 aliphatic carbocycles. The fourth-order valence-electron chi connectivity index (χ4n) is 2.01. The van der Waals surface area contributed by atoms with E-state index in [9.17, 15) is 9.59 Å². The highest BCUT2D eigenvalue weighted by Crippen LogP contribution is 2.14. The van der Waals surface area contributed by atoms with Crippen LogP contribution in [0.15, 0.2) is 54.6 Å². The van der Waals surface area contributed by atoms with Gasteiger partial charge in [-0.3, -0.25) is 9.59 Å². The zero-order valence-corrected chi connectivity index (χ0v) is 13.2. The van der Waals surface area contributed by atoms with Crippen molar-refractivity contribution in [2.45, 2.75) is 13.8 Å². The summed E-state index contributed by atoms with van der Waals surface area (Å²) in [7, 11) is 0. The fourth-order valence-corrected chi connectivity index (χ4v) is 2.01. The van der Waals surface area contributed by atoms with Crippen LogP contribution in [0.2, 0.25) is 0 Å². The number of benzene rings is 2. The number of rotatable bonds is 6. The van der Waals surface area contributed by atoms with Crippen LogP contribution in [0.5, 0.6) is 5.75 Å². The van der Waals surface area contributed by atoms with Crippen molar-refractivity contribution >= 4 is 23.5 Å². The third-order valence-corrected chi connectivity index (χ3v) is 3.15. The monoisotopic (exact) mass is 309 g/mol. The summed E-state index contributed by atoms with van der Waals surface area (Å²) in [5.41, 5.74) is 2.07. The molecular weight excluding hydrogens is 290 g/mol. The van der Waals surface area contributed by atoms with E-state index in [0.717, 1.165) is 11.3 Å². The predicted octanol–water partition coefficient (Wildman–Crippen LogP) is 3.94. The van der Waals surface area contributed by atoms with Crippen molar-refractivity contribution in [2.24, 2.45) is 0 Å². The van der Waals surface area contributed by atoms with Gasteiger partial charge in [-0.1, -0.05) is 24.3 Å². The lowest BCUT2D eigenvalue weighted by molar-refractivity contribution is -0.111. The number of carbonyl (C=O) groups is 2. The molecule has 0 unspecified atom stereocenters. The summed E-state index contributed by atoms with van der Waals surface area (Å²) in [4.78, 5) is 23.3. The number of anilines is 1. The van der Waals surface area contributed by atoms with E-state index >= 15 is 0 Å². The lowest BCUT2D eigenvalue weighted by Crippen LogP contribution is -2.08. The maximum atomic E-state index is 11.9. The topological polar surface area (TPSA) is 55.4 Å². The summed E-state index contributed by atoms with van der Waals surface area (Å²) in [5.74, 6) is 0.515. The van der Waals surface area contributed by atoms with E-state index in [-0.39, 0.29) is 11.7 Å². The van der Waals surface area contributed by atoms with E-state index in [1.165, 1.54) is 13.0 Å². The number of carbonyl (C=O) groups excluding carboxylic acids is 2. The van der Waals surface area contributed by atoms with Crippen LogP contribution >= 0.6 is 0 Å². The van der Waals surface area contributed by atoms with E-state index in [1.54, 1.807) is 30.3 Å². The van der Waals surface area contributed by atoms with Crippen molar-refractivity contribution < 1.29 is 14.3 Å². The third kappa shape index (κ3) is 5.11. The summed E-state index contributed by atoms with van der Waals surface area (Å²) < 4.78 is 5.37. The largest absolute Gasteiger partial charge is 0.494 e. The minimum atomic E-state index is -0.250. The molecule has 4 heteroatoms. The molecule has 2 rings (SSSR count). The number of ether oxygens (including phenoxy) is 1. The Morgan fingerprint density at radius 1 is 1.13 bits per heavy atom. The molecule has 0 bridgehead atoms. The molecule has 23 heavy (non-hydrogen) atoms. The zero-order valence-electron chi connectivity index (χ0n) is 13.2. The van der Waals surface area contributed by atoms with Crippen LogP contribution in [0, 0.1) is 0 Å². The second kappa shape index (κ2) is 7.94. The first-order valence-corrected chi connectivity index (χ1v) is 7.41. The van der Waals surface area contributed by atoms with Gasteiger partial charge in [0.25, 0.3) is 0 Å². The molecule has 0 saturated heterocycles. The number of ketones is 1. The van der Waals surface area contributed by atoms with Crippen LogP contribution in [0.3, 0.4) is 0 Å². The van der Waals surface area contributed by atoms with E-state index in [1.807, 2.05) is 31.2 Å². The Labute approximate surface area is 135 Å². The molecule has 0 radical (unpaired) electrons. The van der Waals surface area contributed by atoms with Gasteiger partial charge in [-0.05, 0) is 49.8 Å². The van der Waals surface area contributed by atoms with Crippen LogP contribution in [0.4, 0.5) is 5.69 Å². The van der Waals surface area contributed by atoms with Gasteiger partial charge in [0.1, 0.15) is 5.75 Å².